The molecular formula is C13H18FN4O6P2S+. The Balaban J connectivity index is 2.00. The number of nitriles is 1. The molecule has 1 aliphatic carbocycles. The van der Waals surface area contributed by atoms with Gasteiger partial charge in [-0.3, -0.25) is 0 Å². The maximum absolute atomic E-state index is 14.7. The quantitative estimate of drug-likeness (QED) is 0.362. The summed E-state index contributed by atoms with van der Waals surface area (Å²) in [6, 6.07) is 2.62. The maximum Gasteiger partial charge on any atom is 0.695 e. The maximum atomic E-state index is 14.7. The van der Waals surface area contributed by atoms with Crippen molar-refractivity contribution in [3.05, 3.63) is 18.6 Å². The zero-order chi connectivity index (χ0) is 19.9. The lowest BCUT2D eigenvalue weighted by Crippen LogP contribution is -2.33. The van der Waals surface area contributed by atoms with E-state index in [1.165, 1.54) is 12.5 Å². The molecule has 0 radical (unpaired) electrons. The van der Waals surface area contributed by atoms with Gasteiger partial charge in [0.05, 0.1) is 31.7 Å². The Hall–Kier alpha value is -1.15. The number of aromatic nitrogens is 2. The molecule has 27 heavy (non-hydrogen) atoms. The third-order valence-corrected chi connectivity index (χ3v) is 5.81. The van der Waals surface area contributed by atoms with Crippen molar-refractivity contribution in [1.82, 2.24) is 9.97 Å². The van der Waals surface area contributed by atoms with Gasteiger partial charge in [0.25, 0.3) is 0 Å². The number of anilines is 1. The van der Waals surface area contributed by atoms with Crippen LogP contribution in [-0.2, 0) is 29.9 Å². The average molecular weight is 439 g/mol. The summed E-state index contributed by atoms with van der Waals surface area (Å²) in [6.07, 6.45) is 0.107. The van der Waals surface area contributed by atoms with E-state index in [9.17, 15) is 13.8 Å². The molecule has 1 fully saturated rings. The van der Waals surface area contributed by atoms with E-state index < -0.39 is 39.2 Å². The Morgan fingerprint density at radius 2 is 2.33 bits per heavy atom. The zero-order valence-corrected chi connectivity index (χ0v) is 16.5. The Labute approximate surface area is 160 Å². The van der Waals surface area contributed by atoms with Crippen molar-refractivity contribution >= 4 is 32.6 Å². The highest BCUT2D eigenvalue weighted by molar-refractivity contribution is 8.07. The second-order valence-electron chi connectivity index (χ2n) is 5.60. The van der Waals surface area contributed by atoms with Crippen molar-refractivity contribution in [1.29, 1.82) is 5.26 Å². The molecule has 0 amide bonds. The minimum atomic E-state index is -3.61. The number of halogens is 1. The highest BCUT2D eigenvalue weighted by Crippen LogP contribution is 2.46. The molecular weight excluding hydrogens is 421 g/mol. The van der Waals surface area contributed by atoms with E-state index in [1.54, 1.807) is 6.07 Å². The number of hydrogen-bond acceptors (Lipinski definition) is 9. The molecule has 1 saturated carbocycles. The minimum Gasteiger partial charge on any atom is -0.364 e. The first-order valence-corrected chi connectivity index (χ1v) is 11.5. The molecule has 6 atom stereocenters. The molecule has 0 aromatic carbocycles. The van der Waals surface area contributed by atoms with Crippen LogP contribution < -0.4 is 5.32 Å². The van der Waals surface area contributed by atoms with Crippen LogP contribution in [0.5, 0.6) is 0 Å². The molecule has 14 heteroatoms. The first-order valence-electron chi connectivity index (χ1n) is 7.80. The highest BCUT2D eigenvalue weighted by Gasteiger charge is 2.49. The SMILES string of the molecule is N#CCCOP(O)(=S)OC[C@H]1C[C@@H](Nc2ccncn2)[C@H](F)[C@@H]1O[P+](=O)O. The van der Waals surface area contributed by atoms with Crippen LogP contribution in [0.4, 0.5) is 10.2 Å². The van der Waals surface area contributed by atoms with Crippen LogP contribution >= 0.6 is 15.0 Å². The van der Waals surface area contributed by atoms with Crippen molar-refractivity contribution in [2.24, 2.45) is 5.92 Å². The van der Waals surface area contributed by atoms with Gasteiger partial charge in [0.1, 0.15) is 12.1 Å². The molecule has 0 aliphatic heterocycles. The predicted molar refractivity (Wildman–Crippen MR) is 95.8 cm³/mol. The summed E-state index contributed by atoms with van der Waals surface area (Å²) in [5.41, 5.74) is 0. The van der Waals surface area contributed by atoms with Crippen LogP contribution in [0.1, 0.15) is 12.8 Å². The minimum absolute atomic E-state index is 0.0277. The second-order valence-corrected chi connectivity index (χ2v) is 9.12. The van der Waals surface area contributed by atoms with Gasteiger partial charge in [0.2, 0.25) is 0 Å². The van der Waals surface area contributed by atoms with Gasteiger partial charge in [-0.2, -0.15) is 5.26 Å². The van der Waals surface area contributed by atoms with E-state index in [2.05, 4.69) is 15.3 Å². The van der Waals surface area contributed by atoms with Gasteiger partial charge in [-0.25, -0.2) is 14.4 Å². The van der Waals surface area contributed by atoms with Crippen molar-refractivity contribution in [2.75, 3.05) is 18.5 Å². The molecule has 148 valence electrons. The van der Waals surface area contributed by atoms with Crippen molar-refractivity contribution in [3.63, 3.8) is 0 Å². The fourth-order valence-corrected chi connectivity index (χ4v) is 4.31. The summed E-state index contributed by atoms with van der Waals surface area (Å²) < 4.78 is 40.8. The first-order chi connectivity index (χ1) is 12.8. The molecule has 2 rings (SSSR count). The van der Waals surface area contributed by atoms with Crippen LogP contribution in [-0.4, -0.2) is 51.3 Å². The largest absolute Gasteiger partial charge is 0.695 e. The molecule has 10 nitrogen and oxygen atoms in total. The van der Waals surface area contributed by atoms with Crippen LogP contribution in [0.15, 0.2) is 18.6 Å². The fourth-order valence-electron chi connectivity index (χ4n) is 2.63. The van der Waals surface area contributed by atoms with E-state index in [0.29, 0.717) is 5.82 Å². The Morgan fingerprint density at radius 3 is 2.96 bits per heavy atom. The van der Waals surface area contributed by atoms with Gasteiger partial charge < -0.3 is 19.3 Å². The predicted octanol–water partition coefficient (Wildman–Crippen LogP) is 1.81. The highest BCUT2D eigenvalue weighted by atomic mass is 32.5. The lowest BCUT2D eigenvalue weighted by molar-refractivity contribution is 0.0608. The smallest absolute Gasteiger partial charge is 0.364 e. The second kappa shape index (κ2) is 10.4. The Bertz CT molecular complexity index is 727. The van der Waals surface area contributed by atoms with Gasteiger partial charge in [-0.1, -0.05) is 0 Å². The lowest BCUT2D eigenvalue weighted by atomic mass is 10.1. The molecule has 1 heterocycles. The number of nitrogens with zero attached hydrogens (tertiary/aromatic N) is 3. The molecule has 1 aromatic heterocycles. The van der Waals surface area contributed by atoms with Gasteiger partial charge in [-0.15, -0.1) is 9.42 Å². The van der Waals surface area contributed by atoms with Crippen molar-refractivity contribution in [2.45, 2.75) is 31.2 Å². The van der Waals surface area contributed by atoms with Crippen LogP contribution in [0, 0.1) is 17.2 Å². The summed E-state index contributed by atoms with van der Waals surface area (Å²) in [7, 11) is -3.04. The lowest BCUT2D eigenvalue weighted by Gasteiger charge is -2.19. The molecule has 0 bridgehead atoms. The molecule has 1 aliphatic rings. The van der Waals surface area contributed by atoms with Crippen LogP contribution in [0.2, 0.25) is 0 Å². The number of nitrogens with one attached hydrogen (secondary N) is 1. The normalized spacial score (nSPS) is 27.6. The van der Waals surface area contributed by atoms with E-state index in [1.807, 2.05) is 6.07 Å². The summed E-state index contributed by atoms with van der Waals surface area (Å²) in [5.74, 6) is -0.280. The summed E-state index contributed by atoms with van der Waals surface area (Å²) in [4.78, 5) is 26.7. The van der Waals surface area contributed by atoms with E-state index in [4.69, 9.17) is 35.5 Å². The topological polar surface area (TPSA) is 147 Å². The van der Waals surface area contributed by atoms with E-state index >= 15 is 0 Å². The monoisotopic (exact) mass is 439 g/mol. The third-order valence-electron chi connectivity index (χ3n) is 3.77. The summed E-state index contributed by atoms with van der Waals surface area (Å²) in [6.45, 7) is -3.95. The zero-order valence-electron chi connectivity index (χ0n) is 13.9. The van der Waals surface area contributed by atoms with Gasteiger partial charge in [0, 0.05) is 16.7 Å². The number of alkyl halides is 1. The van der Waals surface area contributed by atoms with Crippen LogP contribution in [0.25, 0.3) is 0 Å². The number of rotatable bonds is 10. The van der Waals surface area contributed by atoms with Crippen molar-refractivity contribution in [3.8, 4) is 6.07 Å². The standard InChI is InChI=1S/C13H17FN4O6P2S/c14-12-10(18-11-2-4-16-8-17-11)6-9(13(12)24-25(19)20)7-23-26(21,27)22-5-1-3-15/h2,4,8-10,12-13H,1,5-7H2,(H2-,16,17,18,19,20,21,27)/p+1/t9-,10-,12+,13-,26?/m1/s1. The summed E-state index contributed by atoms with van der Waals surface area (Å²) in [5, 5.41) is 11.3. The molecule has 2 unspecified atom stereocenters. The molecule has 0 saturated heterocycles. The van der Waals surface area contributed by atoms with E-state index in [-0.39, 0.29) is 26.1 Å². The fraction of sp³-hybridized carbons (Fsp3) is 0.615. The Morgan fingerprint density at radius 1 is 1.56 bits per heavy atom. The number of hydrogen-bond donors (Lipinski definition) is 3. The van der Waals surface area contributed by atoms with E-state index in [0.717, 1.165) is 0 Å². The Kier molecular flexibility index (Phi) is 8.54. The average Bonchev–Trinajstić information content (AvgIpc) is 2.90. The van der Waals surface area contributed by atoms with Crippen molar-refractivity contribution < 1.29 is 32.3 Å². The molecule has 1 aromatic rings. The van der Waals surface area contributed by atoms with Gasteiger partial charge in [0.15, 0.2) is 12.3 Å². The molecule has 0 spiro atoms. The van der Waals surface area contributed by atoms with Gasteiger partial charge in [-0.05, 0) is 24.3 Å². The van der Waals surface area contributed by atoms with Gasteiger partial charge >= 0.3 is 15.0 Å². The first kappa shape index (κ1) is 22.1. The molecule has 3 N–H and O–H groups in total. The summed E-state index contributed by atoms with van der Waals surface area (Å²) >= 11 is 4.82. The third kappa shape index (κ3) is 7.07. The van der Waals surface area contributed by atoms with Crippen LogP contribution in [0.3, 0.4) is 0 Å².